The number of aliphatic hydroxyl groups is 1. The molecule has 6 heteroatoms. The number of nitrogens with one attached hydrogen (secondary N) is 1. The third-order valence-electron chi connectivity index (χ3n) is 5.22. The molecule has 3 rings (SSSR count). The van der Waals surface area contributed by atoms with Crippen molar-refractivity contribution >= 4 is 5.71 Å². The molecule has 0 aliphatic carbocycles. The van der Waals surface area contributed by atoms with Gasteiger partial charge in [0.15, 0.2) is 17.7 Å². The molecule has 144 valence electrons. The van der Waals surface area contributed by atoms with E-state index in [0.717, 1.165) is 48.7 Å². The van der Waals surface area contributed by atoms with E-state index in [1.165, 1.54) is 0 Å². The fourth-order valence-electron chi connectivity index (χ4n) is 3.73. The maximum absolute atomic E-state index is 10.9. The lowest BCUT2D eigenvalue weighted by Crippen LogP contribution is -2.47. The van der Waals surface area contributed by atoms with Crippen LogP contribution in [-0.4, -0.2) is 54.4 Å². The summed E-state index contributed by atoms with van der Waals surface area (Å²) in [6.45, 7) is 11.1. The van der Waals surface area contributed by atoms with Gasteiger partial charge in [0.1, 0.15) is 0 Å². The molecule has 0 aromatic heterocycles. The van der Waals surface area contributed by atoms with Crippen LogP contribution in [0, 0.1) is 5.41 Å². The molecule has 1 saturated heterocycles. The molecule has 1 atom stereocenters. The summed E-state index contributed by atoms with van der Waals surface area (Å²) in [6.07, 6.45) is 1.37. The second kappa shape index (κ2) is 7.84. The Labute approximate surface area is 156 Å². The molecule has 26 heavy (non-hydrogen) atoms. The number of hydrazone groups is 1. The molecule has 0 saturated carbocycles. The Balaban J connectivity index is 1.94. The molecule has 0 spiro atoms. The fourth-order valence-corrected chi connectivity index (χ4v) is 3.73. The highest BCUT2D eigenvalue weighted by molar-refractivity contribution is 6.06. The molecule has 2 heterocycles. The number of aliphatic hydroxyl groups excluding tert-OH is 1. The van der Waals surface area contributed by atoms with Crippen LogP contribution in [0.3, 0.4) is 0 Å². The number of benzene rings is 1. The van der Waals surface area contributed by atoms with Crippen molar-refractivity contribution in [1.29, 1.82) is 0 Å². The number of hydrogen-bond acceptors (Lipinski definition) is 6. The summed E-state index contributed by atoms with van der Waals surface area (Å²) in [5.41, 5.74) is 1.41. The second-order valence-electron chi connectivity index (χ2n) is 7.43. The molecule has 1 aromatic carbocycles. The quantitative estimate of drug-likeness (QED) is 0.815. The van der Waals surface area contributed by atoms with Crippen molar-refractivity contribution in [2.24, 2.45) is 10.5 Å². The van der Waals surface area contributed by atoms with E-state index in [1.807, 2.05) is 50.9 Å². The Morgan fingerprint density at radius 1 is 1.15 bits per heavy atom. The number of hydrogen-bond donors (Lipinski definition) is 2. The van der Waals surface area contributed by atoms with E-state index in [0.29, 0.717) is 13.2 Å². The lowest BCUT2D eigenvalue weighted by molar-refractivity contribution is -0.0596. The number of rotatable bonds is 6. The van der Waals surface area contributed by atoms with Gasteiger partial charge in [0, 0.05) is 5.56 Å². The first-order valence-corrected chi connectivity index (χ1v) is 9.65. The van der Waals surface area contributed by atoms with E-state index in [1.54, 1.807) is 0 Å². The van der Waals surface area contributed by atoms with Gasteiger partial charge in [-0.2, -0.15) is 5.10 Å². The van der Waals surface area contributed by atoms with Crippen molar-refractivity contribution < 1.29 is 14.6 Å². The van der Waals surface area contributed by atoms with Crippen LogP contribution in [0.1, 0.15) is 46.1 Å². The Kier molecular flexibility index (Phi) is 5.73. The Bertz CT molecular complexity index is 654. The topological polar surface area (TPSA) is 66.3 Å². The van der Waals surface area contributed by atoms with Gasteiger partial charge >= 0.3 is 0 Å². The van der Waals surface area contributed by atoms with E-state index < -0.39 is 11.6 Å². The summed E-state index contributed by atoms with van der Waals surface area (Å²) < 4.78 is 11.4. The highest BCUT2D eigenvalue weighted by Crippen LogP contribution is 2.39. The van der Waals surface area contributed by atoms with Gasteiger partial charge in [-0.3, -0.25) is 5.01 Å². The summed E-state index contributed by atoms with van der Waals surface area (Å²) in [4.78, 5) is 0. The zero-order valence-electron chi connectivity index (χ0n) is 16.3. The Morgan fingerprint density at radius 3 is 2.46 bits per heavy atom. The summed E-state index contributed by atoms with van der Waals surface area (Å²) in [7, 11) is 0. The summed E-state index contributed by atoms with van der Waals surface area (Å²) >= 11 is 0. The lowest BCUT2D eigenvalue weighted by Gasteiger charge is -2.35. The smallest absolute Gasteiger partial charge is 0.161 e. The zero-order valence-corrected chi connectivity index (χ0v) is 16.3. The fraction of sp³-hybridized carbons (Fsp3) is 0.650. The molecule has 0 bridgehead atoms. The molecule has 0 amide bonds. The molecule has 1 aromatic rings. The SMILES string of the molecule is CCOc1ccc(C2=NN(C3CCNCC3)C(O)C2(C)C)cc1OCC. The standard InChI is InChI=1S/C20H31N3O3/c1-5-25-16-8-7-14(13-17(16)26-6-2)18-20(3,4)19(24)23(22-18)15-9-11-21-12-10-15/h7-8,13,15,19,21,24H,5-6,9-12H2,1-4H3. The van der Waals surface area contributed by atoms with Gasteiger partial charge in [-0.25, -0.2) is 0 Å². The van der Waals surface area contributed by atoms with E-state index in [-0.39, 0.29) is 6.04 Å². The van der Waals surface area contributed by atoms with Crippen LogP contribution in [-0.2, 0) is 0 Å². The zero-order chi connectivity index (χ0) is 18.7. The number of ether oxygens (including phenoxy) is 2. The molecule has 0 radical (unpaired) electrons. The Hall–Kier alpha value is -1.79. The van der Waals surface area contributed by atoms with Crippen molar-refractivity contribution in [3.05, 3.63) is 23.8 Å². The minimum absolute atomic E-state index is 0.275. The van der Waals surface area contributed by atoms with Gasteiger partial charge in [-0.05, 0) is 71.8 Å². The second-order valence-corrected chi connectivity index (χ2v) is 7.43. The third kappa shape index (κ3) is 3.53. The van der Waals surface area contributed by atoms with Crippen molar-refractivity contribution in [3.63, 3.8) is 0 Å². The van der Waals surface area contributed by atoms with Crippen LogP contribution in [0.4, 0.5) is 0 Å². The predicted molar refractivity (Wildman–Crippen MR) is 103 cm³/mol. The first-order chi connectivity index (χ1) is 12.5. The van der Waals surface area contributed by atoms with Gasteiger partial charge in [-0.1, -0.05) is 0 Å². The highest BCUT2D eigenvalue weighted by atomic mass is 16.5. The predicted octanol–water partition coefficient (Wildman–Crippen LogP) is 2.60. The molecule has 2 aliphatic rings. The highest BCUT2D eigenvalue weighted by Gasteiger charge is 2.46. The van der Waals surface area contributed by atoms with Crippen molar-refractivity contribution in [2.45, 2.75) is 52.8 Å². The average Bonchev–Trinajstić information content (AvgIpc) is 2.88. The van der Waals surface area contributed by atoms with Gasteiger partial charge in [0.2, 0.25) is 0 Å². The normalized spacial score (nSPS) is 23.0. The molecular weight excluding hydrogens is 330 g/mol. The van der Waals surface area contributed by atoms with Gasteiger partial charge in [0.25, 0.3) is 0 Å². The molecule has 6 nitrogen and oxygen atoms in total. The Morgan fingerprint density at radius 2 is 1.81 bits per heavy atom. The number of nitrogens with zero attached hydrogens (tertiary/aromatic N) is 2. The maximum atomic E-state index is 10.9. The first-order valence-electron chi connectivity index (χ1n) is 9.65. The van der Waals surface area contributed by atoms with Gasteiger partial charge in [-0.15, -0.1) is 0 Å². The van der Waals surface area contributed by atoms with Gasteiger partial charge in [0.05, 0.1) is 30.4 Å². The largest absolute Gasteiger partial charge is 0.490 e. The van der Waals surface area contributed by atoms with Crippen molar-refractivity contribution in [2.75, 3.05) is 26.3 Å². The minimum atomic E-state index is -0.622. The van der Waals surface area contributed by atoms with Crippen molar-refractivity contribution in [1.82, 2.24) is 10.3 Å². The number of piperidine rings is 1. The molecule has 2 N–H and O–H groups in total. The maximum Gasteiger partial charge on any atom is 0.161 e. The summed E-state index contributed by atoms with van der Waals surface area (Å²) in [5.74, 6) is 1.46. The molecule has 2 aliphatic heterocycles. The van der Waals surface area contributed by atoms with Crippen LogP contribution in [0.5, 0.6) is 11.5 Å². The average molecular weight is 361 g/mol. The third-order valence-corrected chi connectivity index (χ3v) is 5.22. The molecule has 1 unspecified atom stereocenters. The van der Waals surface area contributed by atoms with Gasteiger partial charge < -0.3 is 19.9 Å². The first kappa shape index (κ1) is 19.0. The summed E-state index contributed by atoms with van der Waals surface area (Å²) in [6, 6.07) is 6.19. The van der Waals surface area contributed by atoms with E-state index in [9.17, 15) is 5.11 Å². The molecule has 1 fully saturated rings. The van der Waals surface area contributed by atoms with Crippen molar-refractivity contribution in [3.8, 4) is 11.5 Å². The van der Waals surface area contributed by atoms with E-state index in [2.05, 4.69) is 5.32 Å². The van der Waals surface area contributed by atoms with Crippen LogP contribution in [0.2, 0.25) is 0 Å². The summed E-state index contributed by atoms with van der Waals surface area (Å²) in [5, 5.41) is 21.1. The van der Waals surface area contributed by atoms with E-state index >= 15 is 0 Å². The van der Waals surface area contributed by atoms with Crippen LogP contribution in [0.15, 0.2) is 23.3 Å². The van der Waals surface area contributed by atoms with E-state index in [4.69, 9.17) is 14.6 Å². The lowest BCUT2D eigenvalue weighted by atomic mass is 9.82. The van der Waals surface area contributed by atoms with Crippen LogP contribution < -0.4 is 14.8 Å². The van der Waals surface area contributed by atoms with Crippen LogP contribution in [0.25, 0.3) is 0 Å². The monoisotopic (exact) mass is 361 g/mol. The van der Waals surface area contributed by atoms with Crippen LogP contribution >= 0.6 is 0 Å². The molecular formula is C20H31N3O3. The minimum Gasteiger partial charge on any atom is -0.490 e.